The van der Waals surface area contributed by atoms with Crippen LogP contribution in [0.15, 0.2) is 0 Å². The summed E-state index contributed by atoms with van der Waals surface area (Å²) in [7, 11) is 0. The highest BCUT2D eigenvalue weighted by Crippen LogP contribution is 1.99. The Balaban J connectivity index is 2.72. The zero-order valence-corrected chi connectivity index (χ0v) is 6.37. The van der Waals surface area contributed by atoms with E-state index < -0.39 is 0 Å². The van der Waals surface area contributed by atoms with Crippen molar-refractivity contribution in [3.63, 3.8) is 0 Å². The molecule has 1 atom stereocenters. The van der Waals surface area contributed by atoms with E-state index in [1.807, 2.05) is 6.92 Å². The molecular formula is C5H10Cl2O. The van der Waals surface area contributed by atoms with Crippen LogP contribution in [0.1, 0.15) is 13.3 Å². The minimum Gasteiger partial charge on any atom is -0.366 e. The number of hydrogen-bond acceptors (Lipinski definition) is 1. The molecule has 3 heteroatoms. The minimum atomic E-state index is 0.193. The topological polar surface area (TPSA) is 9.23 Å². The second-order valence-electron chi connectivity index (χ2n) is 1.59. The average Bonchev–Trinajstić information content (AvgIpc) is 1.66. The van der Waals surface area contributed by atoms with Crippen molar-refractivity contribution in [1.82, 2.24) is 0 Å². The fourth-order valence-electron chi connectivity index (χ4n) is 0.300. The van der Waals surface area contributed by atoms with Gasteiger partial charge < -0.3 is 4.74 Å². The average molecular weight is 157 g/mol. The number of hydrogen-bond donors (Lipinski definition) is 0. The van der Waals surface area contributed by atoms with E-state index in [0.717, 1.165) is 6.42 Å². The normalized spacial score (nSPS) is 13.9. The Labute approximate surface area is 59.9 Å². The van der Waals surface area contributed by atoms with Gasteiger partial charge in [0.1, 0.15) is 6.07 Å². The number of halogens is 2. The van der Waals surface area contributed by atoms with Crippen molar-refractivity contribution in [2.45, 2.75) is 18.7 Å². The van der Waals surface area contributed by atoms with Crippen molar-refractivity contribution < 1.29 is 4.74 Å². The predicted molar refractivity (Wildman–Crippen MR) is 36.6 cm³/mol. The van der Waals surface area contributed by atoms with E-state index in [-0.39, 0.29) is 11.4 Å². The third kappa shape index (κ3) is 6.54. The molecule has 0 saturated carbocycles. The smallest absolute Gasteiger partial charge is 0.120 e. The molecule has 0 bridgehead atoms. The van der Waals surface area contributed by atoms with Crippen molar-refractivity contribution in [2.24, 2.45) is 0 Å². The fourth-order valence-corrected chi connectivity index (χ4v) is 0.498. The van der Waals surface area contributed by atoms with Gasteiger partial charge in [0.05, 0.1) is 0 Å². The Morgan fingerprint density at radius 2 is 2.25 bits per heavy atom. The molecule has 8 heavy (non-hydrogen) atoms. The van der Waals surface area contributed by atoms with Gasteiger partial charge in [-0.05, 0) is 13.3 Å². The number of rotatable bonds is 4. The maximum atomic E-state index is 5.59. The minimum absolute atomic E-state index is 0.193. The first-order valence-electron chi connectivity index (χ1n) is 2.55. The van der Waals surface area contributed by atoms with Crippen LogP contribution < -0.4 is 0 Å². The largest absolute Gasteiger partial charge is 0.366 e. The molecule has 1 nitrogen and oxygen atoms in total. The monoisotopic (exact) mass is 156 g/mol. The van der Waals surface area contributed by atoms with E-state index in [2.05, 4.69) is 0 Å². The molecule has 0 aromatic rings. The van der Waals surface area contributed by atoms with Gasteiger partial charge in [0.15, 0.2) is 0 Å². The highest BCUT2D eigenvalue weighted by atomic mass is 35.5. The summed E-state index contributed by atoms with van der Waals surface area (Å²) in [5.41, 5.74) is 0. The van der Waals surface area contributed by atoms with Gasteiger partial charge in [0, 0.05) is 12.0 Å². The highest BCUT2D eigenvalue weighted by molar-refractivity contribution is 6.20. The van der Waals surface area contributed by atoms with Gasteiger partial charge in [0.25, 0.3) is 0 Å². The summed E-state index contributed by atoms with van der Waals surface area (Å²) in [6.45, 7) is 2.59. The van der Waals surface area contributed by atoms with E-state index in [0.29, 0.717) is 6.61 Å². The maximum Gasteiger partial charge on any atom is 0.120 e. The van der Waals surface area contributed by atoms with E-state index in [1.165, 1.54) is 0 Å². The van der Waals surface area contributed by atoms with Gasteiger partial charge in [-0.3, -0.25) is 0 Å². The van der Waals surface area contributed by atoms with Gasteiger partial charge >= 0.3 is 0 Å². The van der Waals surface area contributed by atoms with Crippen LogP contribution in [0.2, 0.25) is 0 Å². The zero-order valence-electron chi connectivity index (χ0n) is 4.86. The van der Waals surface area contributed by atoms with Crippen molar-refractivity contribution >= 4 is 23.2 Å². The van der Waals surface area contributed by atoms with Gasteiger partial charge in [-0.1, -0.05) is 11.6 Å². The van der Waals surface area contributed by atoms with E-state index in [1.54, 1.807) is 0 Å². The van der Waals surface area contributed by atoms with E-state index in [4.69, 9.17) is 27.9 Å². The first-order chi connectivity index (χ1) is 3.77. The molecule has 0 N–H and O–H groups in total. The first kappa shape index (κ1) is 8.54. The SMILES string of the molecule is CC(Cl)CCOCCl. The van der Waals surface area contributed by atoms with Crippen LogP contribution >= 0.6 is 23.2 Å². The van der Waals surface area contributed by atoms with Crippen molar-refractivity contribution in [2.75, 3.05) is 12.7 Å². The van der Waals surface area contributed by atoms with Crippen LogP contribution in [-0.2, 0) is 4.74 Å². The quantitative estimate of drug-likeness (QED) is 0.449. The molecule has 0 fully saturated rings. The molecule has 0 saturated heterocycles. The molecule has 0 spiro atoms. The molecule has 0 amide bonds. The number of ether oxygens (including phenoxy) is 1. The van der Waals surface area contributed by atoms with Crippen molar-refractivity contribution in [1.29, 1.82) is 0 Å². The second kappa shape index (κ2) is 5.67. The Morgan fingerprint density at radius 1 is 1.62 bits per heavy atom. The summed E-state index contributed by atoms with van der Waals surface area (Å²) in [6, 6.07) is 0.267. The molecule has 0 heterocycles. The summed E-state index contributed by atoms with van der Waals surface area (Å²) in [5, 5.41) is 0.193. The van der Waals surface area contributed by atoms with Crippen LogP contribution in [0.3, 0.4) is 0 Å². The van der Waals surface area contributed by atoms with Crippen LogP contribution in [0.5, 0.6) is 0 Å². The van der Waals surface area contributed by atoms with Gasteiger partial charge in [-0.25, -0.2) is 0 Å². The van der Waals surface area contributed by atoms with Crippen LogP contribution in [-0.4, -0.2) is 18.1 Å². The molecule has 50 valence electrons. The Hall–Kier alpha value is 0.540. The molecule has 0 aliphatic heterocycles. The highest BCUT2D eigenvalue weighted by Gasteiger charge is 1.93. The lowest BCUT2D eigenvalue weighted by Crippen LogP contribution is -1.98. The van der Waals surface area contributed by atoms with Gasteiger partial charge in [-0.15, -0.1) is 11.6 Å². The summed E-state index contributed by atoms with van der Waals surface area (Å²) >= 11 is 10.8. The van der Waals surface area contributed by atoms with Crippen molar-refractivity contribution in [3.8, 4) is 0 Å². The Bertz CT molecular complexity index is 47.7. The molecule has 0 aliphatic carbocycles. The van der Waals surface area contributed by atoms with E-state index >= 15 is 0 Å². The summed E-state index contributed by atoms with van der Waals surface area (Å²) in [4.78, 5) is 0. The van der Waals surface area contributed by atoms with Crippen molar-refractivity contribution in [3.05, 3.63) is 0 Å². The molecular weight excluding hydrogens is 147 g/mol. The first-order valence-corrected chi connectivity index (χ1v) is 3.52. The molecule has 0 radical (unpaired) electrons. The molecule has 0 aromatic carbocycles. The van der Waals surface area contributed by atoms with Crippen LogP contribution in [0.25, 0.3) is 0 Å². The Morgan fingerprint density at radius 3 is 2.62 bits per heavy atom. The second-order valence-corrected chi connectivity index (χ2v) is 2.55. The Kier molecular flexibility index (Phi) is 6.06. The third-order valence-electron chi connectivity index (χ3n) is 0.737. The number of alkyl halides is 2. The molecule has 1 unspecified atom stereocenters. The third-order valence-corrected chi connectivity index (χ3v) is 1.11. The standard InChI is InChI=1S/C5H10Cl2O/c1-5(7)2-3-8-4-6/h5H,2-4H2,1H3. The lowest BCUT2D eigenvalue weighted by molar-refractivity contribution is 0.176. The van der Waals surface area contributed by atoms with Gasteiger partial charge in [-0.2, -0.15) is 0 Å². The summed E-state index contributed by atoms with van der Waals surface area (Å²) in [6.07, 6.45) is 0.869. The summed E-state index contributed by atoms with van der Waals surface area (Å²) in [5.74, 6) is 0. The molecule has 0 aliphatic rings. The lowest BCUT2D eigenvalue weighted by Gasteiger charge is -1.99. The van der Waals surface area contributed by atoms with Crippen LogP contribution in [0.4, 0.5) is 0 Å². The predicted octanol–water partition coefficient (Wildman–Crippen LogP) is 2.22. The van der Waals surface area contributed by atoms with Crippen LogP contribution in [0, 0.1) is 0 Å². The summed E-state index contributed by atoms with van der Waals surface area (Å²) < 4.78 is 4.83. The van der Waals surface area contributed by atoms with E-state index in [9.17, 15) is 0 Å². The zero-order chi connectivity index (χ0) is 6.41. The molecule has 0 rings (SSSR count). The maximum absolute atomic E-state index is 5.59. The molecule has 0 aromatic heterocycles. The lowest BCUT2D eigenvalue weighted by atomic mass is 10.3. The fraction of sp³-hybridized carbons (Fsp3) is 1.00. The van der Waals surface area contributed by atoms with Gasteiger partial charge in [0.2, 0.25) is 0 Å².